The molecule has 0 radical (unpaired) electrons. The summed E-state index contributed by atoms with van der Waals surface area (Å²) in [6.07, 6.45) is -0.443. The second-order valence-corrected chi connectivity index (χ2v) is 10.2. The summed E-state index contributed by atoms with van der Waals surface area (Å²) in [5.41, 5.74) is 0.283. The van der Waals surface area contributed by atoms with Crippen molar-refractivity contribution in [3.8, 4) is 0 Å². The number of Topliss-reactive ketones (excluding diaryl/α,β-unsaturated/α-hetero) is 1. The highest BCUT2D eigenvalue weighted by Crippen LogP contribution is 2.40. The summed E-state index contributed by atoms with van der Waals surface area (Å²) < 4.78 is 28.2. The zero-order valence-electron chi connectivity index (χ0n) is 16.9. The van der Waals surface area contributed by atoms with Crippen LogP contribution in [0.1, 0.15) is 27.9 Å². The number of anilines is 2. The predicted octanol–water partition coefficient (Wildman–Crippen LogP) is 3.97. The fraction of sp³-hybridized carbons (Fsp3) is 0.130. The number of carbonyl (C=O) groups excluding carboxylic acids is 2. The number of hydrogen-bond acceptors (Lipinski definition) is 5. The Morgan fingerprint density at radius 1 is 1.06 bits per heavy atom. The number of halogens is 1. The van der Waals surface area contributed by atoms with Crippen molar-refractivity contribution < 1.29 is 23.1 Å². The number of aliphatic hydroxyl groups is 1. The van der Waals surface area contributed by atoms with Gasteiger partial charge in [-0.25, -0.2) is 8.42 Å². The van der Waals surface area contributed by atoms with Crippen molar-refractivity contribution in [2.75, 3.05) is 10.0 Å². The number of rotatable bonds is 6. The number of benzene rings is 3. The van der Waals surface area contributed by atoms with Crippen molar-refractivity contribution in [2.45, 2.75) is 23.8 Å². The van der Waals surface area contributed by atoms with Crippen molar-refractivity contribution in [3.05, 3.63) is 87.9 Å². The second kappa shape index (κ2) is 8.16. The summed E-state index contributed by atoms with van der Waals surface area (Å²) in [6.45, 7) is 1.86. The minimum Gasteiger partial charge on any atom is -0.375 e. The monoisotopic (exact) mass is 514 g/mol. The maximum Gasteiger partial charge on any atom is 0.261 e. The van der Waals surface area contributed by atoms with Gasteiger partial charge in [0.15, 0.2) is 11.4 Å². The predicted molar refractivity (Wildman–Crippen MR) is 124 cm³/mol. The van der Waals surface area contributed by atoms with E-state index >= 15 is 0 Å². The molecule has 1 heterocycles. The maximum atomic E-state index is 12.8. The topological polar surface area (TPSA) is 113 Å². The van der Waals surface area contributed by atoms with Crippen LogP contribution in [0.2, 0.25) is 0 Å². The number of amides is 1. The summed E-state index contributed by atoms with van der Waals surface area (Å²) in [5.74, 6) is -1.12. The largest absolute Gasteiger partial charge is 0.375 e. The van der Waals surface area contributed by atoms with E-state index in [2.05, 4.69) is 26.0 Å². The lowest BCUT2D eigenvalue weighted by atomic mass is 9.88. The van der Waals surface area contributed by atoms with E-state index in [1.54, 1.807) is 30.3 Å². The molecule has 0 aliphatic carbocycles. The lowest BCUT2D eigenvalue weighted by Crippen LogP contribution is -2.36. The van der Waals surface area contributed by atoms with Gasteiger partial charge in [0, 0.05) is 27.0 Å². The van der Waals surface area contributed by atoms with Crippen molar-refractivity contribution in [1.82, 2.24) is 0 Å². The van der Waals surface area contributed by atoms with E-state index in [1.807, 2.05) is 6.92 Å². The first-order chi connectivity index (χ1) is 15.1. The van der Waals surface area contributed by atoms with Crippen molar-refractivity contribution in [1.29, 1.82) is 0 Å². The molecule has 7 nitrogen and oxygen atoms in total. The first-order valence-corrected chi connectivity index (χ1v) is 11.9. The number of nitrogens with one attached hydrogen (secondary N) is 2. The molecular formula is C23H19BrN2O5S. The highest BCUT2D eigenvalue weighted by atomic mass is 79.9. The van der Waals surface area contributed by atoms with E-state index in [-0.39, 0.29) is 16.1 Å². The van der Waals surface area contributed by atoms with Crippen LogP contribution in [0.15, 0.2) is 76.1 Å². The Morgan fingerprint density at radius 2 is 1.72 bits per heavy atom. The van der Waals surface area contributed by atoms with E-state index in [9.17, 15) is 23.1 Å². The summed E-state index contributed by atoms with van der Waals surface area (Å²) in [4.78, 5) is 25.3. The van der Waals surface area contributed by atoms with Crippen molar-refractivity contribution in [2.24, 2.45) is 0 Å². The van der Waals surface area contributed by atoms with E-state index in [0.29, 0.717) is 11.3 Å². The Hall–Kier alpha value is -3.01. The molecule has 3 aromatic rings. The SMILES string of the molecule is Cc1ccc(S(=O)(=O)Nc2ccc(C(=O)CC3(O)C(=O)Nc4cc(Br)ccc43)cc2)cc1. The average Bonchev–Trinajstić information content (AvgIpc) is 2.97. The first kappa shape index (κ1) is 22.2. The molecule has 1 aliphatic rings. The Labute approximate surface area is 193 Å². The van der Waals surface area contributed by atoms with Gasteiger partial charge in [-0.15, -0.1) is 0 Å². The smallest absolute Gasteiger partial charge is 0.261 e. The normalized spacial score (nSPS) is 17.5. The molecule has 0 fully saturated rings. The van der Waals surface area contributed by atoms with Gasteiger partial charge < -0.3 is 10.4 Å². The average molecular weight is 515 g/mol. The fourth-order valence-electron chi connectivity index (χ4n) is 3.49. The second-order valence-electron chi connectivity index (χ2n) is 7.60. The highest BCUT2D eigenvalue weighted by molar-refractivity contribution is 9.10. The maximum absolute atomic E-state index is 12.8. The molecule has 0 bridgehead atoms. The molecule has 3 N–H and O–H groups in total. The molecule has 1 unspecified atom stereocenters. The minimum absolute atomic E-state index is 0.128. The molecule has 1 aliphatic heterocycles. The van der Waals surface area contributed by atoms with Gasteiger partial charge in [0.05, 0.1) is 11.3 Å². The molecule has 9 heteroatoms. The summed E-state index contributed by atoms with van der Waals surface area (Å²) in [6, 6.07) is 17.2. The number of ketones is 1. The molecule has 32 heavy (non-hydrogen) atoms. The van der Waals surface area contributed by atoms with Crippen LogP contribution in [0.25, 0.3) is 0 Å². The van der Waals surface area contributed by atoms with Crippen molar-refractivity contribution >= 4 is 49.0 Å². The van der Waals surface area contributed by atoms with Gasteiger partial charge in [-0.3, -0.25) is 14.3 Å². The number of hydrogen-bond donors (Lipinski definition) is 3. The standard InChI is InChI=1S/C23H19BrN2O5S/c1-14-2-9-18(10-3-14)32(30,31)26-17-7-4-15(5-8-17)21(27)13-23(29)19-11-6-16(24)12-20(19)25-22(23)28/h2-12,26,29H,13H2,1H3,(H,25,28). The van der Waals surface area contributed by atoms with Gasteiger partial charge in [-0.2, -0.15) is 0 Å². The molecule has 0 saturated heterocycles. The third-order valence-electron chi connectivity index (χ3n) is 5.26. The van der Waals surface area contributed by atoms with Gasteiger partial charge >= 0.3 is 0 Å². The minimum atomic E-state index is -3.77. The zero-order valence-corrected chi connectivity index (χ0v) is 19.3. The number of fused-ring (bicyclic) bond motifs is 1. The number of sulfonamides is 1. The van der Waals surface area contributed by atoms with Crippen LogP contribution < -0.4 is 10.0 Å². The van der Waals surface area contributed by atoms with Gasteiger partial charge in [-0.05, 0) is 55.5 Å². The van der Waals surface area contributed by atoms with Crippen LogP contribution in [-0.2, 0) is 20.4 Å². The molecule has 0 spiro atoms. The van der Waals surface area contributed by atoms with Crippen molar-refractivity contribution in [3.63, 3.8) is 0 Å². The Balaban J connectivity index is 1.51. The third-order valence-corrected chi connectivity index (χ3v) is 7.15. The summed E-state index contributed by atoms with van der Waals surface area (Å²) in [7, 11) is -3.77. The van der Waals surface area contributed by atoms with Crippen LogP contribution >= 0.6 is 15.9 Å². The zero-order chi connectivity index (χ0) is 23.1. The Bertz CT molecular complexity index is 1320. The van der Waals surface area contributed by atoms with E-state index < -0.39 is 33.7 Å². The molecule has 1 amide bonds. The van der Waals surface area contributed by atoms with Crippen LogP contribution in [0.4, 0.5) is 11.4 Å². The molecule has 0 saturated carbocycles. The molecule has 1 atom stereocenters. The van der Waals surface area contributed by atoms with E-state index in [1.165, 1.54) is 36.4 Å². The lowest BCUT2D eigenvalue weighted by molar-refractivity contribution is -0.133. The van der Waals surface area contributed by atoms with Crippen LogP contribution in [-0.4, -0.2) is 25.2 Å². The Morgan fingerprint density at radius 3 is 2.38 bits per heavy atom. The first-order valence-electron chi connectivity index (χ1n) is 9.65. The van der Waals surface area contributed by atoms with Gasteiger partial charge in [0.1, 0.15) is 0 Å². The third kappa shape index (κ3) is 4.19. The fourth-order valence-corrected chi connectivity index (χ4v) is 4.91. The van der Waals surface area contributed by atoms with E-state index in [4.69, 9.17) is 0 Å². The molecule has 4 rings (SSSR count). The molecule has 3 aromatic carbocycles. The summed E-state index contributed by atoms with van der Waals surface area (Å²) >= 11 is 3.31. The Kier molecular flexibility index (Phi) is 5.66. The van der Waals surface area contributed by atoms with Gasteiger partial charge in [0.2, 0.25) is 0 Å². The number of aryl methyl sites for hydroxylation is 1. The van der Waals surface area contributed by atoms with Crippen LogP contribution in [0, 0.1) is 6.92 Å². The lowest BCUT2D eigenvalue weighted by Gasteiger charge is -2.20. The van der Waals surface area contributed by atoms with Gasteiger partial charge in [0.25, 0.3) is 15.9 Å². The van der Waals surface area contributed by atoms with Crippen LogP contribution in [0.3, 0.4) is 0 Å². The van der Waals surface area contributed by atoms with Crippen LogP contribution in [0.5, 0.6) is 0 Å². The number of carbonyl (C=O) groups is 2. The van der Waals surface area contributed by atoms with E-state index in [0.717, 1.165) is 10.0 Å². The molecule has 0 aromatic heterocycles. The van der Waals surface area contributed by atoms with Gasteiger partial charge in [-0.1, -0.05) is 39.7 Å². The quantitative estimate of drug-likeness (QED) is 0.430. The summed E-state index contributed by atoms with van der Waals surface area (Å²) in [5, 5.41) is 13.5. The highest BCUT2D eigenvalue weighted by Gasteiger charge is 2.46. The molecular weight excluding hydrogens is 496 g/mol. The molecule has 164 valence electrons.